The minimum absolute atomic E-state index is 0.663. The standard InChI is InChI=1S/C72H102N4O4/c1-5-9-13-17-21-25-29-33-49-77-67-47-37-57(53-69(67)79-51-35-31-27-23-19-15-11-7-3)71-63-43-39-59(73-63)55-61-41-45-65(75-61)72(66-46-42-62(76-66)56-60-40-44-64(71)74-60)58-38-48-68(78-50-34-30-26-22-18-14-10-6-2)70(54-58)80-52-36-32-28-24-20-16-12-8-4/h37-48,53-56,73,76H,5-36,49-52H2,1-4H3. The lowest BCUT2D eigenvalue weighted by Crippen LogP contribution is -2.03. The molecule has 3 aromatic heterocycles. The Balaban J connectivity index is 1.17. The SMILES string of the molecule is CCCCCCCCCCOc1ccc(-c2c3nc(cc4ccc([nH]4)c(-c4ccc(OCCCCCCCCCC)c(OCCCCCCCCCC)c4)c4nc(cc5ccc2[nH]5)C=C4)C=C3)cc1OCCCCCCCCCC. The largest absolute Gasteiger partial charge is 0.490 e. The van der Waals surface area contributed by atoms with Gasteiger partial charge in [-0.3, -0.25) is 0 Å². The van der Waals surface area contributed by atoms with Crippen molar-refractivity contribution in [2.24, 2.45) is 0 Å². The number of aromatic amines is 2. The quantitative estimate of drug-likeness (QED) is 0.0370. The highest BCUT2D eigenvalue weighted by atomic mass is 16.5. The fourth-order valence-corrected chi connectivity index (χ4v) is 11.1. The van der Waals surface area contributed by atoms with Gasteiger partial charge in [-0.25, -0.2) is 9.97 Å². The average Bonchev–Trinajstić information content (AvgIpc) is 4.33. The van der Waals surface area contributed by atoms with Gasteiger partial charge in [-0.2, -0.15) is 0 Å². The second-order valence-electron chi connectivity index (χ2n) is 22.8. The number of rotatable bonds is 42. The molecule has 0 saturated heterocycles. The molecular weight excluding hydrogens is 985 g/mol. The van der Waals surface area contributed by atoms with Crippen LogP contribution in [0, 0.1) is 0 Å². The van der Waals surface area contributed by atoms with Crippen molar-refractivity contribution in [3.63, 3.8) is 0 Å². The van der Waals surface area contributed by atoms with Crippen LogP contribution in [-0.2, 0) is 0 Å². The van der Waals surface area contributed by atoms with E-state index in [2.05, 4.69) is 135 Å². The molecular formula is C72H102N4O4. The molecule has 0 aliphatic carbocycles. The molecule has 0 radical (unpaired) electrons. The topological polar surface area (TPSA) is 94.3 Å². The summed E-state index contributed by atoms with van der Waals surface area (Å²) in [5.41, 5.74) is 11.4. The van der Waals surface area contributed by atoms with Crippen LogP contribution in [0.1, 0.15) is 256 Å². The van der Waals surface area contributed by atoms with Crippen LogP contribution in [0.25, 0.3) is 68.6 Å². The number of aromatic nitrogens is 4. The van der Waals surface area contributed by atoms with Crippen LogP contribution in [0.4, 0.5) is 0 Å². The predicted molar refractivity (Wildman–Crippen MR) is 342 cm³/mol. The van der Waals surface area contributed by atoms with E-state index in [9.17, 15) is 0 Å². The highest BCUT2D eigenvalue weighted by Crippen LogP contribution is 2.39. The maximum Gasteiger partial charge on any atom is 0.161 e. The average molecular weight is 1090 g/mol. The van der Waals surface area contributed by atoms with Gasteiger partial charge in [0, 0.05) is 33.2 Å². The Morgan fingerprint density at radius 3 is 0.925 bits per heavy atom. The van der Waals surface area contributed by atoms with Crippen LogP contribution in [0.2, 0.25) is 0 Å². The van der Waals surface area contributed by atoms with Crippen LogP contribution in [0.15, 0.2) is 72.8 Å². The lowest BCUT2D eigenvalue weighted by atomic mass is 10.0. The number of benzene rings is 2. The molecule has 5 aromatic rings. The molecule has 0 saturated carbocycles. The minimum Gasteiger partial charge on any atom is -0.490 e. The summed E-state index contributed by atoms with van der Waals surface area (Å²) in [7, 11) is 0. The normalized spacial score (nSPS) is 11.9. The number of hydrogen-bond donors (Lipinski definition) is 2. The van der Waals surface area contributed by atoms with E-state index in [1.807, 2.05) is 0 Å². The number of ether oxygens (including phenoxy) is 4. The van der Waals surface area contributed by atoms with Crippen molar-refractivity contribution in [2.75, 3.05) is 26.4 Å². The number of nitrogens with zero attached hydrogens (tertiary/aromatic N) is 2. The Kier molecular flexibility index (Phi) is 28.3. The molecule has 8 heteroatoms. The van der Waals surface area contributed by atoms with Crippen LogP contribution < -0.4 is 18.9 Å². The smallest absolute Gasteiger partial charge is 0.161 e. The zero-order chi connectivity index (χ0) is 55.7. The van der Waals surface area contributed by atoms with Crippen LogP contribution in [-0.4, -0.2) is 46.4 Å². The van der Waals surface area contributed by atoms with E-state index in [0.29, 0.717) is 26.4 Å². The van der Waals surface area contributed by atoms with Gasteiger partial charge in [0.05, 0.1) is 49.2 Å². The van der Waals surface area contributed by atoms with Crippen LogP contribution in [0.3, 0.4) is 0 Å². The molecule has 0 amide bonds. The Labute approximate surface area is 483 Å². The van der Waals surface area contributed by atoms with E-state index in [0.717, 1.165) is 116 Å². The molecule has 7 rings (SSSR count). The first-order valence-electron chi connectivity index (χ1n) is 32.5. The van der Waals surface area contributed by atoms with Crippen LogP contribution in [0.5, 0.6) is 23.0 Å². The van der Waals surface area contributed by atoms with Crippen molar-refractivity contribution < 1.29 is 18.9 Å². The Bertz CT molecular complexity index is 2590. The van der Waals surface area contributed by atoms with Gasteiger partial charge in [-0.05, 0) is 122 Å². The lowest BCUT2D eigenvalue weighted by molar-refractivity contribution is 0.258. The molecule has 5 heterocycles. The number of nitrogens with one attached hydrogen (secondary N) is 2. The van der Waals surface area contributed by atoms with Crippen molar-refractivity contribution in [1.82, 2.24) is 19.9 Å². The van der Waals surface area contributed by atoms with Gasteiger partial charge in [-0.1, -0.05) is 220 Å². The molecule has 434 valence electrons. The molecule has 0 spiro atoms. The summed E-state index contributed by atoms with van der Waals surface area (Å²) in [6.07, 6.45) is 48.9. The van der Waals surface area contributed by atoms with E-state index in [-0.39, 0.29) is 0 Å². The second-order valence-corrected chi connectivity index (χ2v) is 22.8. The predicted octanol–water partition coefficient (Wildman–Crippen LogP) is 22.1. The van der Waals surface area contributed by atoms with Gasteiger partial charge >= 0.3 is 0 Å². The van der Waals surface area contributed by atoms with E-state index in [1.54, 1.807) is 0 Å². The van der Waals surface area contributed by atoms with E-state index < -0.39 is 0 Å². The van der Waals surface area contributed by atoms with Crippen molar-refractivity contribution >= 4 is 46.4 Å². The van der Waals surface area contributed by atoms with Gasteiger partial charge in [-0.15, -0.1) is 0 Å². The van der Waals surface area contributed by atoms with E-state index in [4.69, 9.17) is 28.9 Å². The summed E-state index contributed by atoms with van der Waals surface area (Å²) in [4.78, 5) is 18.2. The number of H-pyrrole nitrogens is 2. The lowest BCUT2D eigenvalue weighted by Gasteiger charge is -2.15. The van der Waals surface area contributed by atoms with E-state index in [1.165, 1.54) is 180 Å². The highest BCUT2D eigenvalue weighted by Gasteiger charge is 2.18. The van der Waals surface area contributed by atoms with Crippen molar-refractivity contribution in [3.05, 3.63) is 95.6 Å². The number of hydrogen-bond acceptors (Lipinski definition) is 6. The highest BCUT2D eigenvalue weighted by molar-refractivity contribution is 5.93. The summed E-state index contributed by atoms with van der Waals surface area (Å²) in [5, 5.41) is 0. The zero-order valence-corrected chi connectivity index (χ0v) is 50.2. The van der Waals surface area contributed by atoms with Crippen LogP contribution >= 0.6 is 0 Å². The van der Waals surface area contributed by atoms with Gasteiger partial charge in [0.25, 0.3) is 0 Å². The molecule has 8 bridgehead atoms. The monoisotopic (exact) mass is 1090 g/mol. The fraction of sp³-hybridized carbons (Fsp3) is 0.556. The molecule has 8 nitrogen and oxygen atoms in total. The summed E-state index contributed by atoms with van der Waals surface area (Å²) < 4.78 is 26.4. The third-order valence-corrected chi connectivity index (χ3v) is 15.9. The molecule has 80 heavy (non-hydrogen) atoms. The molecule has 0 atom stereocenters. The number of fused-ring (bicyclic) bond motifs is 8. The Morgan fingerprint density at radius 2 is 0.600 bits per heavy atom. The first-order chi connectivity index (χ1) is 39.6. The van der Waals surface area contributed by atoms with Gasteiger partial charge < -0.3 is 28.9 Å². The third-order valence-electron chi connectivity index (χ3n) is 15.9. The van der Waals surface area contributed by atoms with Crippen molar-refractivity contribution in [3.8, 4) is 45.3 Å². The first-order valence-corrected chi connectivity index (χ1v) is 32.5. The molecule has 2 aliphatic rings. The third kappa shape index (κ3) is 21.0. The summed E-state index contributed by atoms with van der Waals surface area (Å²) in [6, 6.07) is 25.8. The summed E-state index contributed by atoms with van der Waals surface area (Å²) in [5.74, 6) is 3.22. The number of unbranched alkanes of at least 4 members (excludes halogenated alkanes) is 28. The van der Waals surface area contributed by atoms with Gasteiger partial charge in [0.15, 0.2) is 23.0 Å². The van der Waals surface area contributed by atoms with Gasteiger partial charge in [0.2, 0.25) is 0 Å². The maximum absolute atomic E-state index is 6.67. The maximum atomic E-state index is 6.67. The molecule has 2 aliphatic heterocycles. The second kappa shape index (κ2) is 36.6. The Morgan fingerprint density at radius 1 is 0.300 bits per heavy atom. The zero-order valence-electron chi connectivity index (χ0n) is 50.2. The minimum atomic E-state index is 0.663. The fourth-order valence-electron chi connectivity index (χ4n) is 11.1. The summed E-state index contributed by atoms with van der Waals surface area (Å²) >= 11 is 0. The molecule has 2 N–H and O–H groups in total. The first kappa shape index (κ1) is 61.9. The van der Waals surface area contributed by atoms with Gasteiger partial charge in [0.1, 0.15) is 0 Å². The van der Waals surface area contributed by atoms with E-state index >= 15 is 0 Å². The molecule has 2 aromatic carbocycles. The van der Waals surface area contributed by atoms with Crippen molar-refractivity contribution in [2.45, 2.75) is 233 Å². The Hall–Kier alpha value is -5.76. The molecule has 0 unspecified atom stereocenters. The van der Waals surface area contributed by atoms with Crippen molar-refractivity contribution in [1.29, 1.82) is 0 Å². The summed E-state index contributed by atoms with van der Waals surface area (Å²) in [6.45, 7) is 11.8. The molecule has 0 fully saturated rings.